The number of carbonyl (C=O) groups excluding carboxylic acids is 1. The third-order valence-corrected chi connectivity index (χ3v) is 4.53. The summed E-state index contributed by atoms with van der Waals surface area (Å²) in [4.78, 5) is 23.0. The maximum atomic E-state index is 13.0. The molecule has 0 unspecified atom stereocenters. The highest BCUT2D eigenvalue weighted by Gasteiger charge is 2.27. The fraction of sp³-hybridized carbons (Fsp3) is 0.211. The molecule has 0 aliphatic carbocycles. The maximum Gasteiger partial charge on any atom is 0.257 e. The van der Waals surface area contributed by atoms with E-state index in [0.29, 0.717) is 42.4 Å². The highest BCUT2D eigenvalue weighted by atomic mass is 16.3. The van der Waals surface area contributed by atoms with Gasteiger partial charge >= 0.3 is 0 Å². The monoisotopic (exact) mass is 334 g/mol. The lowest BCUT2D eigenvalue weighted by molar-refractivity contribution is 0.0730. The molecule has 1 aliphatic heterocycles. The van der Waals surface area contributed by atoms with E-state index in [0.717, 1.165) is 16.8 Å². The molecular formula is C19H18N4O2. The first-order valence-electron chi connectivity index (χ1n) is 8.17. The summed E-state index contributed by atoms with van der Waals surface area (Å²) in [6.45, 7) is 2.85. The van der Waals surface area contributed by atoms with Gasteiger partial charge in [0.1, 0.15) is 23.7 Å². The van der Waals surface area contributed by atoms with Crippen molar-refractivity contribution in [3.8, 4) is 11.3 Å². The van der Waals surface area contributed by atoms with Gasteiger partial charge in [-0.25, -0.2) is 9.97 Å². The van der Waals surface area contributed by atoms with Gasteiger partial charge in [-0.05, 0) is 19.4 Å². The molecule has 1 aromatic carbocycles. The number of nitrogens with zero attached hydrogens (tertiary/aromatic N) is 3. The number of hydrogen-bond acceptors (Lipinski definition) is 5. The van der Waals surface area contributed by atoms with E-state index < -0.39 is 0 Å². The first kappa shape index (κ1) is 15.4. The zero-order chi connectivity index (χ0) is 17.4. The van der Waals surface area contributed by atoms with Crippen molar-refractivity contribution in [2.45, 2.75) is 19.9 Å². The van der Waals surface area contributed by atoms with Gasteiger partial charge in [0.05, 0.1) is 17.8 Å². The molecule has 0 atom stereocenters. The summed E-state index contributed by atoms with van der Waals surface area (Å²) in [5.74, 6) is 1.77. The van der Waals surface area contributed by atoms with Crippen molar-refractivity contribution < 1.29 is 9.21 Å². The summed E-state index contributed by atoms with van der Waals surface area (Å²) >= 11 is 0. The molecule has 6 heteroatoms. The van der Waals surface area contributed by atoms with Gasteiger partial charge in [-0.3, -0.25) is 4.79 Å². The lowest BCUT2D eigenvalue weighted by atomic mass is 10.0. The Kier molecular flexibility index (Phi) is 3.72. The average Bonchev–Trinajstić information content (AvgIpc) is 3.03. The minimum Gasteiger partial charge on any atom is -0.461 e. The topological polar surface area (TPSA) is 85.2 Å². The highest BCUT2D eigenvalue weighted by Crippen LogP contribution is 2.28. The fourth-order valence-electron chi connectivity index (χ4n) is 3.16. The number of rotatable bonds is 2. The quantitative estimate of drug-likeness (QED) is 0.779. The number of fused-ring (bicyclic) bond motifs is 1. The molecule has 126 valence electrons. The van der Waals surface area contributed by atoms with Crippen LogP contribution < -0.4 is 5.73 Å². The van der Waals surface area contributed by atoms with E-state index in [-0.39, 0.29) is 5.91 Å². The van der Waals surface area contributed by atoms with E-state index in [2.05, 4.69) is 9.97 Å². The summed E-state index contributed by atoms with van der Waals surface area (Å²) < 4.78 is 5.81. The molecule has 1 amide bonds. The van der Waals surface area contributed by atoms with Gasteiger partial charge in [0.2, 0.25) is 0 Å². The van der Waals surface area contributed by atoms with Gasteiger partial charge in [0.25, 0.3) is 5.91 Å². The van der Waals surface area contributed by atoms with Crippen molar-refractivity contribution in [3.05, 3.63) is 65.3 Å². The predicted octanol–water partition coefficient (Wildman–Crippen LogP) is 2.83. The van der Waals surface area contributed by atoms with Crippen LogP contribution in [0.3, 0.4) is 0 Å². The number of nitrogen functional groups attached to an aromatic ring is 1. The fourth-order valence-corrected chi connectivity index (χ4v) is 3.16. The standard InChI is InChI=1S/C19H18N4O2/c1-12-15(9-17(25-12)13-5-3-2-4-6-13)19(24)23-8-7-14-16(10-23)21-11-22-18(14)20/h2-6,9,11H,7-8,10H2,1H3,(H2,20,21,22). The van der Waals surface area contributed by atoms with Crippen LogP contribution in [-0.4, -0.2) is 27.3 Å². The number of aromatic nitrogens is 2. The number of carbonyl (C=O) groups is 1. The molecule has 0 saturated heterocycles. The lowest BCUT2D eigenvalue weighted by Gasteiger charge is -2.28. The molecule has 3 aromatic rings. The van der Waals surface area contributed by atoms with Gasteiger partial charge in [0.15, 0.2) is 0 Å². The molecule has 2 aromatic heterocycles. The molecule has 1 aliphatic rings. The number of anilines is 1. The predicted molar refractivity (Wildman–Crippen MR) is 93.8 cm³/mol. The Bertz CT molecular complexity index is 934. The smallest absolute Gasteiger partial charge is 0.257 e. The van der Waals surface area contributed by atoms with Crippen LogP contribution in [0.5, 0.6) is 0 Å². The van der Waals surface area contributed by atoms with Crippen molar-refractivity contribution in [1.82, 2.24) is 14.9 Å². The van der Waals surface area contributed by atoms with E-state index in [9.17, 15) is 4.79 Å². The van der Waals surface area contributed by atoms with Crippen LogP contribution in [-0.2, 0) is 13.0 Å². The Hall–Kier alpha value is -3.15. The van der Waals surface area contributed by atoms with Crippen LogP contribution >= 0.6 is 0 Å². The maximum absolute atomic E-state index is 13.0. The first-order valence-corrected chi connectivity index (χ1v) is 8.17. The second-order valence-corrected chi connectivity index (χ2v) is 6.11. The van der Waals surface area contributed by atoms with Crippen LogP contribution in [0.1, 0.15) is 27.4 Å². The molecule has 4 rings (SSSR count). The van der Waals surface area contributed by atoms with Crippen molar-refractivity contribution >= 4 is 11.7 Å². The Morgan fingerprint density at radius 1 is 1.24 bits per heavy atom. The summed E-state index contributed by atoms with van der Waals surface area (Å²) in [5.41, 5.74) is 9.20. The summed E-state index contributed by atoms with van der Waals surface area (Å²) in [5, 5.41) is 0. The average molecular weight is 334 g/mol. The van der Waals surface area contributed by atoms with Gasteiger partial charge < -0.3 is 15.1 Å². The van der Waals surface area contributed by atoms with Crippen LogP contribution in [0.15, 0.2) is 47.1 Å². The molecule has 0 spiro atoms. The Labute approximate surface area is 145 Å². The molecule has 6 nitrogen and oxygen atoms in total. The van der Waals surface area contributed by atoms with Crippen molar-refractivity contribution in [2.75, 3.05) is 12.3 Å². The van der Waals surface area contributed by atoms with Crippen molar-refractivity contribution in [1.29, 1.82) is 0 Å². The van der Waals surface area contributed by atoms with Crippen molar-refractivity contribution in [3.63, 3.8) is 0 Å². The molecule has 0 fully saturated rings. The van der Waals surface area contributed by atoms with E-state index in [1.165, 1.54) is 6.33 Å². The number of nitrogens with two attached hydrogens (primary N) is 1. The third-order valence-electron chi connectivity index (χ3n) is 4.53. The Morgan fingerprint density at radius 3 is 2.84 bits per heavy atom. The number of benzene rings is 1. The Balaban J connectivity index is 1.61. The highest BCUT2D eigenvalue weighted by molar-refractivity contribution is 5.96. The number of aryl methyl sites for hydroxylation is 1. The minimum absolute atomic E-state index is 0.0498. The number of hydrogen-bond donors (Lipinski definition) is 1. The zero-order valence-corrected chi connectivity index (χ0v) is 13.9. The second-order valence-electron chi connectivity index (χ2n) is 6.11. The van der Waals surface area contributed by atoms with Crippen LogP contribution in [0, 0.1) is 6.92 Å². The van der Waals surface area contributed by atoms with E-state index in [1.54, 1.807) is 4.90 Å². The van der Waals surface area contributed by atoms with Gasteiger partial charge in [0, 0.05) is 17.7 Å². The first-order chi connectivity index (χ1) is 12.1. The zero-order valence-electron chi connectivity index (χ0n) is 13.9. The SMILES string of the molecule is Cc1oc(-c2ccccc2)cc1C(=O)N1CCc2c(N)ncnc2C1. The normalized spacial score (nSPS) is 13.6. The van der Waals surface area contributed by atoms with Gasteiger partial charge in [-0.2, -0.15) is 0 Å². The largest absolute Gasteiger partial charge is 0.461 e. The number of amides is 1. The second kappa shape index (κ2) is 6.05. The van der Waals surface area contributed by atoms with Crippen LogP contribution in [0.2, 0.25) is 0 Å². The summed E-state index contributed by atoms with van der Waals surface area (Å²) in [6.07, 6.45) is 2.11. The van der Waals surface area contributed by atoms with Crippen LogP contribution in [0.4, 0.5) is 5.82 Å². The molecule has 0 saturated carbocycles. The molecule has 3 heterocycles. The summed E-state index contributed by atoms with van der Waals surface area (Å²) in [7, 11) is 0. The van der Waals surface area contributed by atoms with Gasteiger partial charge in [-0.15, -0.1) is 0 Å². The minimum atomic E-state index is -0.0498. The molecule has 2 N–H and O–H groups in total. The lowest BCUT2D eigenvalue weighted by Crippen LogP contribution is -2.37. The van der Waals surface area contributed by atoms with Gasteiger partial charge in [-0.1, -0.05) is 30.3 Å². The molecule has 0 radical (unpaired) electrons. The molecule has 25 heavy (non-hydrogen) atoms. The van der Waals surface area contributed by atoms with Crippen LogP contribution in [0.25, 0.3) is 11.3 Å². The third kappa shape index (κ3) is 2.76. The van der Waals surface area contributed by atoms with E-state index >= 15 is 0 Å². The Morgan fingerprint density at radius 2 is 2.04 bits per heavy atom. The van der Waals surface area contributed by atoms with E-state index in [1.807, 2.05) is 43.3 Å². The molecule has 0 bridgehead atoms. The number of furan rings is 1. The molecular weight excluding hydrogens is 316 g/mol. The van der Waals surface area contributed by atoms with Crippen molar-refractivity contribution in [2.24, 2.45) is 0 Å². The summed E-state index contributed by atoms with van der Waals surface area (Å²) in [6, 6.07) is 11.6. The van der Waals surface area contributed by atoms with E-state index in [4.69, 9.17) is 10.2 Å².